The molecule has 1 N–H and O–H groups in total. The molecule has 1 saturated heterocycles. The Morgan fingerprint density at radius 3 is 2.56 bits per heavy atom. The number of carbonyl (C=O) groups excluding carboxylic acids is 2. The molecule has 3 rings (SSSR count). The maximum atomic E-state index is 12.5. The molecule has 10 heteroatoms. The van der Waals surface area contributed by atoms with Gasteiger partial charge in [0.2, 0.25) is 0 Å². The molecule has 0 atom stereocenters. The number of hydrogen-bond acceptors (Lipinski definition) is 6. The Labute approximate surface area is 167 Å². The van der Waals surface area contributed by atoms with E-state index in [0.29, 0.717) is 21.2 Å². The van der Waals surface area contributed by atoms with Gasteiger partial charge < -0.3 is 5.11 Å². The molecule has 27 heavy (non-hydrogen) atoms. The number of amides is 2. The van der Waals surface area contributed by atoms with E-state index in [2.05, 4.69) is 0 Å². The van der Waals surface area contributed by atoms with E-state index >= 15 is 0 Å². The summed E-state index contributed by atoms with van der Waals surface area (Å²) in [5.74, 6) is -1.00. The second-order valence-electron chi connectivity index (χ2n) is 5.52. The van der Waals surface area contributed by atoms with Gasteiger partial charge in [0, 0.05) is 6.07 Å². The minimum absolute atomic E-state index is 0.0224. The summed E-state index contributed by atoms with van der Waals surface area (Å²) < 4.78 is 0. The Morgan fingerprint density at radius 1 is 1.15 bits per heavy atom. The van der Waals surface area contributed by atoms with Gasteiger partial charge in [0.1, 0.15) is 0 Å². The second-order valence-corrected chi connectivity index (χ2v) is 7.33. The molecule has 138 valence electrons. The van der Waals surface area contributed by atoms with Crippen LogP contribution in [0, 0.1) is 10.1 Å². The fraction of sp³-hybridized carbons (Fsp3) is 0.0588. The Morgan fingerprint density at radius 2 is 1.89 bits per heavy atom. The minimum Gasteiger partial charge on any atom is -0.502 e. The SMILES string of the molecule is O=C1S/C(=C/c2ccc(O)c([N+](=O)[O-])c2)C(=O)N1Cc1ccc(Cl)c(Cl)c1. The molecule has 2 amide bonds. The van der Waals surface area contributed by atoms with Crippen molar-refractivity contribution in [3.63, 3.8) is 0 Å². The van der Waals surface area contributed by atoms with Crippen molar-refractivity contribution in [1.29, 1.82) is 0 Å². The number of nitro groups is 1. The lowest BCUT2D eigenvalue weighted by atomic mass is 10.1. The molecule has 0 aromatic heterocycles. The van der Waals surface area contributed by atoms with Crippen LogP contribution in [0.25, 0.3) is 6.08 Å². The summed E-state index contributed by atoms with van der Waals surface area (Å²) in [6, 6.07) is 8.50. The van der Waals surface area contributed by atoms with Gasteiger partial charge in [-0.2, -0.15) is 0 Å². The van der Waals surface area contributed by atoms with Crippen LogP contribution in [0.4, 0.5) is 10.5 Å². The Bertz CT molecular complexity index is 1010. The third kappa shape index (κ3) is 4.08. The summed E-state index contributed by atoms with van der Waals surface area (Å²) in [6.45, 7) is 0.0224. The van der Waals surface area contributed by atoms with Crippen molar-refractivity contribution in [3.05, 3.63) is 72.6 Å². The average molecular weight is 425 g/mol. The van der Waals surface area contributed by atoms with Gasteiger partial charge in [0.15, 0.2) is 5.75 Å². The molecule has 2 aromatic carbocycles. The van der Waals surface area contributed by atoms with Crippen LogP contribution in [0.3, 0.4) is 0 Å². The first-order valence-electron chi connectivity index (χ1n) is 7.43. The van der Waals surface area contributed by atoms with Crippen molar-refractivity contribution in [3.8, 4) is 5.75 Å². The van der Waals surface area contributed by atoms with Crippen molar-refractivity contribution in [2.75, 3.05) is 0 Å². The second kappa shape index (κ2) is 7.59. The fourth-order valence-corrected chi connectivity index (χ4v) is 3.54. The number of nitrogens with zero attached hydrogens (tertiary/aromatic N) is 2. The molecule has 7 nitrogen and oxygen atoms in total. The molecule has 1 fully saturated rings. The lowest BCUT2D eigenvalue weighted by Gasteiger charge is -2.12. The summed E-state index contributed by atoms with van der Waals surface area (Å²) in [6.07, 6.45) is 1.37. The summed E-state index contributed by atoms with van der Waals surface area (Å²) in [7, 11) is 0. The van der Waals surface area contributed by atoms with E-state index < -0.39 is 27.5 Å². The third-order valence-electron chi connectivity index (χ3n) is 3.69. The monoisotopic (exact) mass is 424 g/mol. The zero-order chi connectivity index (χ0) is 19.7. The predicted octanol–water partition coefficient (Wildman–Crippen LogP) is 4.84. The minimum atomic E-state index is -0.733. The van der Waals surface area contributed by atoms with Crippen LogP contribution in [0.2, 0.25) is 10.0 Å². The summed E-state index contributed by atoms with van der Waals surface area (Å²) in [5.41, 5.74) is 0.464. The summed E-state index contributed by atoms with van der Waals surface area (Å²) in [4.78, 5) is 36.1. The molecule has 0 radical (unpaired) electrons. The van der Waals surface area contributed by atoms with Crippen LogP contribution in [0.15, 0.2) is 41.3 Å². The number of imide groups is 1. The number of nitro benzene ring substituents is 1. The number of halogens is 2. The number of carbonyl (C=O) groups is 2. The van der Waals surface area contributed by atoms with Crippen molar-refractivity contribution in [2.45, 2.75) is 6.54 Å². The highest BCUT2D eigenvalue weighted by Gasteiger charge is 2.35. The van der Waals surface area contributed by atoms with E-state index in [0.717, 1.165) is 28.8 Å². The van der Waals surface area contributed by atoms with Gasteiger partial charge in [-0.05, 0) is 47.2 Å². The molecule has 0 spiro atoms. The lowest BCUT2D eigenvalue weighted by Crippen LogP contribution is -2.27. The third-order valence-corrected chi connectivity index (χ3v) is 5.34. The van der Waals surface area contributed by atoms with Gasteiger partial charge in [0.25, 0.3) is 11.1 Å². The van der Waals surface area contributed by atoms with Crippen LogP contribution in [0.5, 0.6) is 5.75 Å². The molecule has 0 saturated carbocycles. The van der Waals surface area contributed by atoms with E-state index in [4.69, 9.17) is 23.2 Å². The van der Waals surface area contributed by atoms with Gasteiger partial charge in [-0.15, -0.1) is 0 Å². The molecule has 1 aliphatic heterocycles. The van der Waals surface area contributed by atoms with E-state index in [9.17, 15) is 24.8 Å². The van der Waals surface area contributed by atoms with Gasteiger partial charge >= 0.3 is 5.69 Å². The first kappa shape index (κ1) is 19.2. The van der Waals surface area contributed by atoms with Gasteiger partial charge in [-0.25, -0.2) is 0 Å². The van der Waals surface area contributed by atoms with Crippen LogP contribution in [-0.2, 0) is 11.3 Å². The average Bonchev–Trinajstić information content (AvgIpc) is 2.87. The Hall–Kier alpha value is -2.55. The van der Waals surface area contributed by atoms with E-state index in [-0.39, 0.29) is 11.4 Å². The number of aromatic hydroxyl groups is 1. The standard InChI is InChI=1S/C17H10Cl2N2O5S/c18-11-3-1-10(5-12(11)19)8-20-16(23)15(27-17(20)24)7-9-2-4-14(22)13(6-9)21(25)26/h1-7,22H,8H2/b15-7+. The predicted molar refractivity (Wildman–Crippen MR) is 103 cm³/mol. The van der Waals surface area contributed by atoms with E-state index in [1.807, 2.05) is 0 Å². The summed E-state index contributed by atoms with van der Waals surface area (Å²) in [5, 5.41) is 20.6. The lowest BCUT2D eigenvalue weighted by molar-refractivity contribution is -0.385. The van der Waals surface area contributed by atoms with Gasteiger partial charge in [0.05, 0.1) is 26.4 Å². The molecule has 1 heterocycles. The molecular formula is C17H10Cl2N2O5S. The highest BCUT2D eigenvalue weighted by atomic mass is 35.5. The molecule has 2 aromatic rings. The first-order chi connectivity index (χ1) is 12.8. The smallest absolute Gasteiger partial charge is 0.311 e. The highest BCUT2D eigenvalue weighted by Crippen LogP contribution is 2.35. The number of benzene rings is 2. The number of thioether (sulfide) groups is 1. The normalized spacial score (nSPS) is 15.6. The molecule has 0 unspecified atom stereocenters. The van der Waals surface area contributed by atoms with Crippen molar-refractivity contribution < 1.29 is 19.6 Å². The van der Waals surface area contributed by atoms with Crippen molar-refractivity contribution >= 4 is 57.9 Å². The Balaban J connectivity index is 1.85. The quantitative estimate of drug-likeness (QED) is 0.427. The number of phenolic OH excluding ortho intramolecular Hbond substituents is 1. The van der Waals surface area contributed by atoms with Crippen molar-refractivity contribution in [1.82, 2.24) is 4.90 Å². The zero-order valence-corrected chi connectivity index (χ0v) is 15.7. The highest BCUT2D eigenvalue weighted by molar-refractivity contribution is 8.18. The molecule has 0 aliphatic carbocycles. The van der Waals surface area contributed by atoms with Gasteiger partial charge in [-0.3, -0.25) is 24.6 Å². The maximum absolute atomic E-state index is 12.5. The summed E-state index contributed by atoms with van der Waals surface area (Å²) >= 11 is 12.5. The van der Waals surface area contributed by atoms with Crippen LogP contribution in [-0.4, -0.2) is 26.1 Å². The largest absolute Gasteiger partial charge is 0.502 e. The maximum Gasteiger partial charge on any atom is 0.311 e. The van der Waals surface area contributed by atoms with Crippen LogP contribution in [0.1, 0.15) is 11.1 Å². The van der Waals surface area contributed by atoms with Crippen LogP contribution >= 0.6 is 35.0 Å². The first-order valence-corrected chi connectivity index (χ1v) is 9.00. The zero-order valence-electron chi connectivity index (χ0n) is 13.4. The Kier molecular flexibility index (Phi) is 5.41. The number of hydrogen-bond donors (Lipinski definition) is 1. The molecule has 1 aliphatic rings. The molecular weight excluding hydrogens is 415 g/mol. The number of phenols is 1. The number of rotatable bonds is 4. The van der Waals surface area contributed by atoms with E-state index in [1.165, 1.54) is 12.1 Å². The topological polar surface area (TPSA) is 101 Å². The van der Waals surface area contributed by atoms with E-state index in [1.54, 1.807) is 18.2 Å². The molecule has 0 bridgehead atoms. The van der Waals surface area contributed by atoms with Crippen molar-refractivity contribution in [2.24, 2.45) is 0 Å². The van der Waals surface area contributed by atoms with Crippen LogP contribution < -0.4 is 0 Å². The van der Waals surface area contributed by atoms with Gasteiger partial charge in [-0.1, -0.05) is 35.3 Å². The fourth-order valence-electron chi connectivity index (χ4n) is 2.38.